The second-order valence-corrected chi connectivity index (χ2v) is 10.9. The van der Waals surface area contributed by atoms with Crippen LogP contribution >= 0.6 is 0 Å². The van der Waals surface area contributed by atoms with Gasteiger partial charge < -0.3 is 15.3 Å². The van der Waals surface area contributed by atoms with E-state index < -0.39 is 5.60 Å². The smallest absolute Gasteiger partial charge is 0.160 e. The molecule has 4 heterocycles. The predicted molar refractivity (Wildman–Crippen MR) is 140 cm³/mol. The molecular weight excluding hydrogens is 438 g/mol. The first-order valence-electron chi connectivity index (χ1n) is 13.3. The number of aliphatic hydroxyl groups is 1. The van der Waals surface area contributed by atoms with Gasteiger partial charge in [0, 0.05) is 31.3 Å². The maximum absolute atomic E-state index is 10.3. The van der Waals surface area contributed by atoms with Crippen molar-refractivity contribution in [2.75, 3.05) is 23.3 Å². The Kier molecular flexibility index (Phi) is 6.66. The number of nitrogens with zero attached hydrogens (tertiary/aromatic N) is 6. The molecule has 0 unspecified atom stereocenters. The summed E-state index contributed by atoms with van der Waals surface area (Å²) in [4.78, 5) is 17.3. The lowest BCUT2D eigenvalue weighted by molar-refractivity contribution is 0.0672. The van der Waals surface area contributed by atoms with Crippen LogP contribution in [0.5, 0.6) is 0 Å². The maximum atomic E-state index is 10.3. The van der Waals surface area contributed by atoms with Gasteiger partial charge in [-0.15, -0.1) is 0 Å². The SMILES string of the molecule is CC[C@H](CCC(C)(C)O)Nc1cc(N2CCCC2)nc2cc(-c3nc4c(nc3C)CCCC4)nn12. The minimum absolute atomic E-state index is 0.233. The van der Waals surface area contributed by atoms with Gasteiger partial charge in [-0.25, -0.2) is 9.97 Å². The highest BCUT2D eigenvalue weighted by Crippen LogP contribution is 2.29. The van der Waals surface area contributed by atoms with Crippen LogP contribution < -0.4 is 10.2 Å². The first-order chi connectivity index (χ1) is 16.8. The Morgan fingerprint density at radius 1 is 1.03 bits per heavy atom. The fourth-order valence-electron chi connectivity index (χ4n) is 5.23. The van der Waals surface area contributed by atoms with E-state index in [1.807, 2.05) is 25.3 Å². The van der Waals surface area contributed by atoms with E-state index in [2.05, 4.69) is 29.3 Å². The average molecular weight is 478 g/mol. The van der Waals surface area contributed by atoms with Crippen molar-refractivity contribution in [2.45, 2.75) is 97.1 Å². The van der Waals surface area contributed by atoms with Crippen LogP contribution in [0, 0.1) is 6.92 Å². The zero-order valence-corrected chi connectivity index (χ0v) is 21.6. The third-order valence-corrected chi connectivity index (χ3v) is 7.34. The van der Waals surface area contributed by atoms with Gasteiger partial charge in [-0.3, -0.25) is 4.98 Å². The Morgan fingerprint density at radius 2 is 1.74 bits per heavy atom. The maximum Gasteiger partial charge on any atom is 0.160 e. The Labute approximate surface area is 208 Å². The van der Waals surface area contributed by atoms with Crippen molar-refractivity contribution in [3.63, 3.8) is 0 Å². The zero-order valence-electron chi connectivity index (χ0n) is 21.6. The molecule has 3 aromatic heterocycles. The number of hydrogen-bond donors (Lipinski definition) is 2. The van der Waals surface area contributed by atoms with Crippen LogP contribution in [0.2, 0.25) is 0 Å². The van der Waals surface area contributed by atoms with E-state index in [1.165, 1.54) is 25.7 Å². The second-order valence-electron chi connectivity index (χ2n) is 10.9. The average Bonchev–Trinajstić information content (AvgIpc) is 3.50. The van der Waals surface area contributed by atoms with Gasteiger partial charge in [0.05, 0.1) is 22.7 Å². The molecule has 2 N–H and O–H groups in total. The minimum atomic E-state index is -0.676. The lowest BCUT2D eigenvalue weighted by atomic mass is 9.98. The van der Waals surface area contributed by atoms with Crippen molar-refractivity contribution in [1.29, 1.82) is 0 Å². The highest BCUT2D eigenvalue weighted by atomic mass is 16.3. The Bertz CT molecular complexity index is 1190. The molecule has 0 aromatic carbocycles. The van der Waals surface area contributed by atoms with Gasteiger partial charge in [-0.2, -0.15) is 9.61 Å². The molecule has 1 atom stereocenters. The molecule has 1 aliphatic heterocycles. The number of fused-ring (bicyclic) bond motifs is 2. The topological polar surface area (TPSA) is 91.5 Å². The van der Waals surface area contributed by atoms with E-state index in [-0.39, 0.29) is 6.04 Å². The number of nitrogens with one attached hydrogen (secondary N) is 1. The predicted octanol–water partition coefficient (Wildman–Crippen LogP) is 4.72. The van der Waals surface area contributed by atoms with Gasteiger partial charge in [0.15, 0.2) is 5.65 Å². The summed E-state index contributed by atoms with van der Waals surface area (Å²) in [6, 6.07) is 4.42. The molecule has 3 aromatic rings. The molecule has 1 saturated heterocycles. The van der Waals surface area contributed by atoms with E-state index in [4.69, 9.17) is 20.1 Å². The van der Waals surface area contributed by atoms with E-state index >= 15 is 0 Å². The Hall–Kier alpha value is -2.74. The lowest BCUT2D eigenvalue weighted by Gasteiger charge is -2.24. The highest BCUT2D eigenvalue weighted by molar-refractivity contribution is 5.67. The van der Waals surface area contributed by atoms with Crippen molar-refractivity contribution >= 4 is 17.3 Å². The third-order valence-electron chi connectivity index (χ3n) is 7.34. The fraction of sp³-hybridized carbons (Fsp3) is 0.630. The van der Waals surface area contributed by atoms with Crippen molar-refractivity contribution in [1.82, 2.24) is 24.6 Å². The Balaban J connectivity index is 1.54. The summed E-state index contributed by atoms with van der Waals surface area (Å²) in [5, 5.41) is 19.0. The monoisotopic (exact) mass is 477 g/mol. The lowest BCUT2D eigenvalue weighted by Crippen LogP contribution is -2.27. The van der Waals surface area contributed by atoms with Crippen LogP contribution in [0.25, 0.3) is 17.0 Å². The van der Waals surface area contributed by atoms with Crippen molar-refractivity contribution in [3.05, 3.63) is 29.2 Å². The zero-order chi connectivity index (χ0) is 24.6. The first kappa shape index (κ1) is 24.0. The van der Waals surface area contributed by atoms with Crippen LogP contribution in [0.3, 0.4) is 0 Å². The summed E-state index contributed by atoms with van der Waals surface area (Å²) in [6.45, 7) is 10.0. The largest absolute Gasteiger partial charge is 0.390 e. The van der Waals surface area contributed by atoms with Crippen LogP contribution in [0.4, 0.5) is 11.6 Å². The number of aromatic nitrogens is 5. The van der Waals surface area contributed by atoms with Crippen LogP contribution in [-0.2, 0) is 12.8 Å². The summed E-state index contributed by atoms with van der Waals surface area (Å²) < 4.78 is 1.92. The van der Waals surface area contributed by atoms with Crippen molar-refractivity contribution in [3.8, 4) is 11.4 Å². The number of hydrogen-bond acceptors (Lipinski definition) is 7. The number of rotatable bonds is 8. The molecule has 2 aliphatic rings. The molecule has 1 aliphatic carbocycles. The summed E-state index contributed by atoms with van der Waals surface area (Å²) in [5.41, 5.74) is 5.03. The molecule has 0 radical (unpaired) electrons. The van der Waals surface area contributed by atoms with Gasteiger partial charge in [0.2, 0.25) is 0 Å². The second kappa shape index (κ2) is 9.72. The normalized spacial score (nSPS) is 17.1. The standard InChI is InChI=1S/C27H39N7O/c1-5-19(12-13-27(3,4)35)29-25-17-23(33-14-8-9-15-33)31-24-16-22(32-34(24)25)26-18(2)28-20-10-6-7-11-21(20)30-26/h16-17,19,29,35H,5-15H2,1-4H3/t19-/m1/s1. The third kappa shape index (κ3) is 5.27. The molecule has 8 nitrogen and oxygen atoms in total. The number of aryl methyl sites for hydroxylation is 3. The molecule has 188 valence electrons. The summed E-state index contributed by atoms with van der Waals surface area (Å²) in [7, 11) is 0. The summed E-state index contributed by atoms with van der Waals surface area (Å²) in [6.07, 6.45) is 9.36. The van der Waals surface area contributed by atoms with E-state index in [0.29, 0.717) is 0 Å². The molecule has 1 fully saturated rings. The van der Waals surface area contributed by atoms with Crippen molar-refractivity contribution < 1.29 is 5.11 Å². The van der Waals surface area contributed by atoms with Gasteiger partial charge in [-0.1, -0.05) is 6.92 Å². The quantitative estimate of drug-likeness (QED) is 0.485. The summed E-state index contributed by atoms with van der Waals surface area (Å²) in [5.74, 6) is 1.93. The van der Waals surface area contributed by atoms with Crippen LogP contribution in [0.15, 0.2) is 12.1 Å². The van der Waals surface area contributed by atoms with Gasteiger partial charge in [0.1, 0.15) is 23.0 Å². The molecule has 0 saturated carbocycles. The molecule has 0 bridgehead atoms. The van der Waals surface area contributed by atoms with Gasteiger partial charge in [-0.05, 0) is 78.6 Å². The molecule has 5 rings (SSSR count). The van der Waals surface area contributed by atoms with E-state index in [0.717, 1.165) is 90.9 Å². The first-order valence-corrected chi connectivity index (χ1v) is 13.3. The molecule has 0 amide bonds. The van der Waals surface area contributed by atoms with Crippen LogP contribution in [-0.4, -0.2) is 54.4 Å². The summed E-state index contributed by atoms with van der Waals surface area (Å²) >= 11 is 0. The van der Waals surface area contributed by atoms with Gasteiger partial charge in [0.25, 0.3) is 0 Å². The molecule has 35 heavy (non-hydrogen) atoms. The Morgan fingerprint density at radius 3 is 2.43 bits per heavy atom. The number of anilines is 2. The molecule has 8 heteroatoms. The molecule has 0 spiro atoms. The van der Waals surface area contributed by atoms with E-state index in [9.17, 15) is 5.11 Å². The van der Waals surface area contributed by atoms with Crippen molar-refractivity contribution in [2.24, 2.45) is 0 Å². The fourth-order valence-corrected chi connectivity index (χ4v) is 5.23. The van der Waals surface area contributed by atoms with Crippen LogP contribution in [0.1, 0.15) is 82.8 Å². The molecular formula is C27H39N7O. The minimum Gasteiger partial charge on any atom is -0.390 e. The van der Waals surface area contributed by atoms with E-state index in [1.54, 1.807) is 0 Å². The van der Waals surface area contributed by atoms with Gasteiger partial charge >= 0.3 is 0 Å². The highest BCUT2D eigenvalue weighted by Gasteiger charge is 2.22.